The van der Waals surface area contributed by atoms with Crippen LogP contribution < -0.4 is 10.6 Å². The highest BCUT2D eigenvalue weighted by atomic mass is 35.5. The van der Waals surface area contributed by atoms with E-state index in [1.165, 1.54) is 38.8 Å². The van der Waals surface area contributed by atoms with Gasteiger partial charge in [-0.25, -0.2) is 0 Å². The van der Waals surface area contributed by atoms with Gasteiger partial charge in [-0.3, -0.25) is 0 Å². The molecule has 1 spiro atoms. The topological polar surface area (TPSA) is 29.3 Å². The Morgan fingerprint density at radius 3 is 2.50 bits per heavy atom. The summed E-state index contributed by atoms with van der Waals surface area (Å²) in [6, 6.07) is 5.81. The summed E-state index contributed by atoms with van der Waals surface area (Å²) >= 11 is 5.90. The van der Waals surface area contributed by atoms with E-state index in [1.54, 1.807) is 0 Å². The fourth-order valence-corrected chi connectivity index (χ4v) is 3.37. The third-order valence-corrected chi connectivity index (χ3v) is 4.28. The minimum atomic E-state index is 0.617. The standard InChI is InChI=1S/C13H17ClN2/c14-10-3-4-12(11(15)7-10)16-8-13(9-16)5-1-2-6-13/h3-4,7H,1-2,5-6,8-9,15H2. The maximum atomic E-state index is 5.99. The Morgan fingerprint density at radius 2 is 1.88 bits per heavy atom. The Morgan fingerprint density at radius 1 is 1.19 bits per heavy atom. The van der Waals surface area contributed by atoms with Crippen LogP contribution in [0.1, 0.15) is 25.7 Å². The van der Waals surface area contributed by atoms with Crippen LogP contribution in [0, 0.1) is 5.41 Å². The van der Waals surface area contributed by atoms with Crippen LogP contribution in [0.2, 0.25) is 5.02 Å². The van der Waals surface area contributed by atoms with Gasteiger partial charge >= 0.3 is 0 Å². The molecule has 0 radical (unpaired) electrons. The van der Waals surface area contributed by atoms with Crippen molar-refractivity contribution in [1.82, 2.24) is 0 Å². The molecule has 3 heteroatoms. The highest BCUT2D eigenvalue weighted by molar-refractivity contribution is 6.31. The first-order valence-electron chi connectivity index (χ1n) is 5.99. The van der Waals surface area contributed by atoms with Crippen molar-refractivity contribution >= 4 is 23.0 Å². The van der Waals surface area contributed by atoms with Crippen LogP contribution in [0.4, 0.5) is 11.4 Å². The molecule has 1 saturated carbocycles. The lowest BCUT2D eigenvalue weighted by Gasteiger charge is -2.50. The van der Waals surface area contributed by atoms with Crippen LogP contribution in [0.25, 0.3) is 0 Å². The predicted molar refractivity (Wildman–Crippen MR) is 69.0 cm³/mol. The number of hydrogen-bond acceptors (Lipinski definition) is 2. The van der Waals surface area contributed by atoms with Crippen LogP contribution in [0.15, 0.2) is 18.2 Å². The predicted octanol–water partition coefficient (Wildman–Crippen LogP) is 3.30. The molecule has 2 aliphatic rings. The Kier molecular flexibility index (Phi) is 2.28. The average molecular weight is 237 g/mol. The number of nitrogens with two attached hydrogens (primary N) is 1. The van der Waals surface area contributed by atoms with Crippen molar-refractivity contribution in [2.75, 3.05) is 23.7 Å². The number of anilines is 2. The third kappa shape index (κ3) is 1.56. The van der Waals surface area contributed by atoms with Gasteiger partial charge in [-0.2, -0.15) is 0 Å². The van der Waals surface area contributed by atoms with Crippen LogP contribution in [0.5, 0.6) is 0 Å². The molecule has 0 unspecified atom stereocenters. The number of hydrogen-bond donors (Lipinski definition) is 1. The van der Waals surface area contributed by atoms with E-state index in [9.17, 15) is 0 Å². The molecule has 1 aliphatic heterocycles. The van der Waals surface area contributed by atoms with E-state index < -0.39 is 0 Å². The van der Waals surface area contributed by atoms with E-state index in [1.807, 2.05) is 18.2 Å². The Hall–Kier alpha value is -0.890. The fourth-order valence-electron chi connectivity index (χ4n) is 3.19. The molecule has 1 heterocycles. The van der Waals surface area contributed by atoms with E-state index in [0.717, 1.165) is 16.4 Å². The second-order valence-corrected chi connectivity index (χ2v) is 5.70. The van der Waals surface area contributed by atoms with Gasteiger partial charge in [-0.15, -0.1) is 0 Å². The first-order chi connectivity index (χ1) is 7.69. The highest BCUT2D eigenvalue weighted by Crippen LogP contribution is 2.47. The van der Waals surface area contributed by atoms with E-state index in [-0.39, 0.29) is 0 Å². The van der Waals surface area contributed by atoms with Gasteiger partial charge in [0.15, 0.2) is 0 Å². The van der Waals surface area contributed by atoms with Crippen LogP contribution in [-0.4, -0.2) is 13.1 Å². The van der Waals surface area contributed by atoms with Gasteiger partial charge in [-0.1, -0.05) is 24.4 Å². The Labute approximate surface area is 101 Å². The number of nitrogen functional groups attached to an aromatic ring is 1. The van der Waals surface area contributed by atoms with Crippen molar-refractivity contribution in [1.29, 1.82) is 0 Å². The summed E-state index contributed by atoms with van der Waals surface area (Å²) in [4.78, 5) is 2.39. The number of benzene rings is 1. The molecular weight excluding hydrogens is 220 g/mol. The molecule has 2 nitrogen and oxygen atoms in total. The minimum absolute atomic E-state index is 0.617. The largest absolute Gasteiger partial charge is 0.397 e. The summed E-state index contributed by atoms with van der Waals surface area (Å²) in [5.74, 6) is 0. The zero-order chi connectivity index (χ0) is 11.2. The quantitative estimate of drug-likeness (QED) is 0.759. The van der Waals surface area contributed by atoms with Crippen LogP contribution >= 0.6 is 11.6 Å². The Balaban J connectivity index is 1.76. The zero-order valence-corrected chi connectivity index (χ0v) is 10.1. The van der Waals surface area contributed by atoms with Gasteiger partial charge in [0.2, 0.25) is 0 Å². The monoisotopic (exact) mass is 236 g/mol. The molecule has 0 amide bonds. The van der Waals surface area contributed by atoms with Gasteiger partial charge in [0, 0.05) is 23.5 Å². The maximum Gasteiger partial charge on any atom is 0.0601 e. The van der Waals surface area contributed by atoms with Gasteiger partial charge in [0.05, 0.1) is 11.4 Å². The third-order valence-electron chi connectivity index (χ3n) is 4.05. The molecule has 1 aliphatic carbocycles. The molecule has 1 aromatic rings. The van der Waals surface area contributed by atoms with Gasteiger partial charge < -0.3 is 10.6 Å². The van der Waals surface area contributed by atoms with E-state index in [2.05, 4.69) is 4.90 Å². The van der Waals surface area contributed by atoms with Gasteiger partial charge in [-0.05, 0) is 31.0 Å². The molecule has 2 N–H and O–H groups in total. The molecule has 1 aromatic carbocycles. The molecule has 0 aromatic heterocycles. The van der Waals surface area contributed by atoms with Crippen molar-refractivity contribution in [2.45, 2.75) is 25.7 Å². The van der Waals surface area contributed by atoms with Crippen molar-refractivity contribution in [3.63, 3.8) is 0 Å². The molecule has 0 atom stereocenters. The highest BCUT2D eigenvalue weighted by Gasteiger charge is 2.44. The smallest absolute Gasteiger partial charge is 0.0601 e. The Bertz CT molecular complexity index is 402. The summed E-state index contributed by atoms with van der Waals surface area (Å²) in [5.41, 5.74) is 8.57. The number of nitrogens with zero attached hydrogens (tertiary/aromatic N) is 1. The molecule has 0 bridgehead atoms. The summed E-state index contributed by atoms with van der Waals surface area (Å²) in [6.45, 7) is 2.36. The fraction of sp³-hybridized carbons (Fsp3) is 0.538. The SMILES string of the molecule is Nc1cc(Cl)ccc1N1CC2(CCCC2)C1. The molecule has 86 valence electrons. The lowest BCUT2D eigenvalue weighted by Crippen LogP contribution is -2.55. The van der Waals surface area contributed by atoms with Crippen molar-refractivity contribution in [2.24, 2.45) is 5.41 Å². The minimum Gasteiger partial charge on any atom is -0.397 e. The molecule has 16 heavy (non-hydrogen) atoms. The second kappa shape index (κ2) is 3.56. The lowest BCUT2D eigenvalue weighted by molar-refractivity contribution is 0.222. The van der Waals surface area contributed by atoms with E-state index in [0.29, 0.717) is 5.41 Å². The summed E-state index contributed by atoms with van der Waals surface area (Å²) < 4.78 is 0. The first kappa shape index (κ1) is 10.3. The molecule has 1 saturated heterocycles. The van der Waals surface area contributed by atoms with Crippen molar-refractivity contribution < 1.29 is 0 Å². The van der Waals surface area contributed by atoms with E-state index in [4.69, 9.17) is 17.3 Å². The number of rotatable bonds is 1. The zero-order valence-electron chi connectivity index (χ0n) is 9.38. The molecule has 3 rings (SSSR count). The molecule has 2 fully saturated rings. The van der Waals surface area contributed by atoms with Crippen LogP contribution in [0.3, 0.4) is 0 Å². The summed E-state index contributed by atoms with van der Waals surface area (Å²) in [6.07, 6.45) is 5.61. The second-order valence-electron chi connectivity index (χ2n) is 5.27. The van der Waals surface area contributed by atoms with E-state index >= 15 is 0 Å². The van der Waals surface area contributed by atoms with Crippen molar-refractivity contribution in [3.05, 3.63) is 23.2 Å². The van der Waals surface area contributed by atoms with Crippen LogP contribution in [-0.2, 0) is 0 Å². The lowest BCUT2D eigenvalue weighted by atomic mass is 9.78. The first-order valence-corrected chi connectivity index (χ1v) is 6.36. The van der Waals surface area contributed by atoms with Gasteiger partial charge in [0.1, 0.15) is 0 Å². The summed E-state index contributed by atoms with van der Waals surface area (Å²) in [5, 5.41) is 0.720. The maximum absolute atomic E-state index is 5.99. The summed E-state index contributed by atoms with van der Waals surface area (Å²) in [7, 11) is 0. The van der Waals surface area contributed by atoms with Gasteiger partial charge in [0.25, 0.3) is 0 Å². The average Bonchev–Trinajstić information content (AvgIpc) is 2.65. The normalized spacial score (nSPS) is 22.4. The molecular formula is C13H17ClN2. The van der Waals surface area contributed by atoms with Crippen molar-refractivity contribution in [3.8, 4) is 0 Å². The number of halogens is 1.